The second-order valence-corrected chi connectivity index (χ2v) is 3.78. The summed E-state index contributed by atoms with van der Waals surface area (Å²) in [7, 11) is 2.06. The van der Waals surface area contributed by atoms with E-state index < -0.39 is 0 Å². The molecule has 1 rings (SSSR count). The van der Waals surface area contributed by atoms with Crippen molar-refractivity contribution in [1.29, 1.82) is 0 Å². The van der Waals surface area contributed by atoms with Crippen LogP contribution in [-0.2, 0) is 0 Å². The second kappa shape index (κ2) is 5.56. The Bertz CT molecular complexity index is 283. The van der Waals surface area contributed by atoms with Gasteiger partial charge in [0.2, 0.25) is 0 Å². The number of likely N-dealkylation sites (N-methyl/N-ethyl adjacent to an activating group) is 2. The molecule has 0 unspecified atom stereocenters. The predicted molar refractivity (Wildman–Crippen MR) is 65.1 cm³/mol. The van der Waals surface area contributed by atoms with Crippen molar-refractivity contribution < 1.29 is 0 Å². The van der Waals surface area contributed by atoms with Gasteiger partial charge in [0.25, 0.3) is 0 Å². The molecule has 0 aromatic carbocycles. The first kappa shape index (κ1) is 11.8. The fourth-order valence-electron chi connectivity index (χ4n) is 1.55. The van der Waals surface area contributed by atoms with Crippen LogP contribution in [0.25, 0.3) is 0 Å². The van der Waals surface area contributed by atoms with Crippen LogP contribution in [0.1, 0.15) is 13.8 Å². The highest BCUT2D eigenvalue weighted by Crippen LogP contribution is 2.11. The average Bonchev–Trinajstić information content (AvgIpc) is 2.18. The summed E-state index contributed by atoms with van der Waals surface area (Å²) >= 11 is 0. The molecule has 1 aromatic heterocycles. The number of hydrogen-bond donors (Lipinski definition) is 2. The van der Waals surface area contributed by atoms with Crippen LogP contribution in [-0.4, -0.2) is 31.2 Å². The highest BCUT2D eigenvalue weighted by Gasteiger charge is 2.05. The van der Waals surface area contributed by atoms with Gasteiger partial charge in [0.1, 0.15) is 5.82 Å². The van der Waals surface area contributed by atoms with Crippen molar-refractivity contribution in [3.05, 3.63) is 18.3 Å². The average molecular weight is 208 g/mol. The van der Waals surface area contributed by atoms with Crippen LogP contribution in [0.5, 0.6) is 0 Å². The van der Waals surface area contributed by atoms with Crippen LogP contribution in [0, 0.1) is 0 Å². The molecule has 0 aliphatic carbocycles. The van der Waals surface area contributed by atoms with Gasteiger partial charge in [-0.3, -0.25) is 0 Å². The zero-order valence-corrected chi connectivity index (χ0v) is 9.70. The molecule has 0 saturated carbocycles. The van der Waals surface area contributed by atoms with Crippen molar-refractivity contribution >= 4 is 11.5 Å². The van der Waals surface area contributed by atoms with E-state index in [1.54, 1.807) is 6.20 Å². The summed E-state index contributed by atoms with van der Waals surface area (Å²) in [6, 6.07) is 4.28. The minimum atomic E-state index is 0.470. The molecule has 1 aromatic rings. The predicted octanol–water partition coefficient (Wildman–Crippen LogP) is 1.10. The monoisotopic (exact) mass is 208 g/mol. The molecule has 0 radical (unpaired) electrons. The molecule has 0 saturated heterocycles. The van der Waals surface area contributed by atoms with Gasteiger partial charge < -0.3 is 16.0 Å². The third-order valence-electron chi connectivity index (χ3n) is 2.31. The zero-order chi connectivity index (χ0) is 11.3. The number of anilines is 2. The number of pyridine rings is 1. The van der Waals surface area contributed by atoms with Gasteiger partial charge in [0, 0.05) is 19.6 Å². The number of nitrogens with one attached hydrogen (secondary N) is 1. The van der Waals surface area contributed by atoms with E-state index in [1.807, 2.05) is 12.1 Å². The van der Waals surface area contributed by atoms with Gasteiger partial charge in [-0.1, -0.05) is 6.92 Å². The number of rotatable bonds is 5. The van der Waals surface area contributed by atoms with Crippen molar-refractivity contribution in [3.8, 4) is 0 Å². The van der Waals surface area contributed by atoms with E-state index in [0.29, 0.717) is 11.9 Å². The first-order chi connectivity index (χ1) is 7.13. The number of aromatic nitrogens is 1. The highest BCUT2D eigenvalue weighted by molar-refractivity contribution is 5.47. The summed E-state index contributed by atoms with van der Waals surface area (Å²) in [5.74, 6) is 0.562. The third-order valence-corrected chi connectivity index (χ3v) is 2.31. The Morgan fingerprint density at radius 2 is 2.27 bits per heavy atom. The van der Waals surface area contributed by atoms with Crippen LogP contribution in [0.4, 0.5) is 11.5 Å². The molecular formula is C11H20N4. The summed E-state index contributed by atoms with van der Waals surface area (Å²) in [5, 5.41) is 3.37. The number of nitrogens with two attached hydrogens (primary N) is 1. The largest absolute Gasteiger partial charge is 0.384 e. The van der Waals surface area contributed by atoms with Gasteiger partial charge in [-0.15, -0.1) is 0 Å². The smallest absolute Gasteiger partial charge is 0.123 e. The molecule has 0 aliphatic rings. The van der Waals surface area contributed by atoms with Crippen LogP contribution in [0.3, 0.4) is 0 Å². The minimum Gasteiger partial charge on any atom is -0.384 e. The molecular weight excluding hydrogens is 188 g/mol. The first-order valence-electron chi connectivity index (χ1n) is 5.29. The number of nitrogens with zero attached hydrogens (tertiary/aromatic N) is 2. The lowest BCUT2D eigenvalue weighted by molar-refractivity contribution is 0.564. The maximum atomic E-state index is 5.53. The van der Waals surface area contributed by atoms with Gasteiger partial charge >= 0.3 is 0 Å². The maximum Gasteiger partial charge on any atom is 0.123 e. The number of hydrogen-bond acceptors (Lipinski definition) is 4. The third kappa shape index (κ3) is 3.75. The topological polar surface area (TPSA) is 54.2 Å². The Labute approximate surface area is 91.5 Å². The molecule has 15 heavy (non-hydrogen) atoms. The minimum absolute atomic E-state index is 0.470. The van der Waals surface area contributed by atoms with Crippen molar-refractivity contribution in [3.63, 3.8) is 0 Å². The Balaban J connectivity index is 2.53. The van der Waals surface area contributed by atoms with Crippen molar-refractivity contribution in [1.82, 2.24) is 10.3 Å². The molecule has 0 fully saturated rings. The maximum absolute atomic E-state index is 5.53. The summed E-state index contributed by atoms with van der Waals surface area (Å²) in [6.07, 6.45) is 1.80. The fraction of sp³-hybridized carbons (Fsp3) is 0.545. The van der Waals surface area contributed by atoms with Crippen molar-refractivity contribution in [2.24, 2.45) is 0 Å². The van der Waals surface area contributed by atoms with E-state index in [0.717, 1.165) is 18.8 Å². The molecule has 1 atom stereocenters. The fourth-order valence-corrected chi connectivity index (χ4v) is 1.55. The molecule has 0 aliphatic heterocycles. The van der Waals surface area contributed by atoms with Crippen molar-refractivity contribution in [2.45, 2.75) is 19.9 Å². The van der Waals surface area contributed by atoms with Gasteiger partial charge in [0.05, 0.1) is 11.9 Å². The van der Waals surface area contributed by atoms with E-state index in [-0.39, 0.29) is 0 Å². The highest BCUT2D eigenvalue weighted by atomic mass is 15.1. The van der Waals surface area contributed by atoms with Crippen LogP contribution < -0.4 is 16.0 Å². The lowest BCUT2D eigenvalue weighted by Gasteiger charge is -2.23. The molecule has 84 valence electrons. The second-order valence-electron chi connectivity index (χ2n) is 3.78. The van der Waals surface area contributed by atoms with E-state index in [2.05, 4.69) is 36.1 Å². The lowest BCUT2D eigenvalue weighted by Crippen LogP contribution is -2.37. The van der Waals surface area contributed by atoms with E-state index in [9.17, 15) is 0 Å². The Hall–Kier alpha value is -1.29. The van der Waals surface area contributed by atoms with Crippen LogP contribution >= 0.6 is 0 Å². The molecule has 1 heterocycles. The van der Waals surface area contributed by atoms with E-state index >= 15 is 0 Å². The molecule has 0 amide bonds. The Kier molecular flexibility index (Phi) is 4.37. The molecule has 4 nitrogen and oxygen atoms in total. The Morgan fingerprint density at radius 3 is 2.80 bits per heavy atom. The van der Waals surface area contributed by atoms with Crippen molar-refractivity contribution in [2.75, 3.05) is 30.8 Å². The summed E-state index contributed by atoms with van der Waals surface area (Å²) < 4.78 is 0. The Morgan fingerprint density at radius 1 is 1.53 bits per heavy atom. The van der Waals surface area contributed by atoms with Crippen LogP contribution in [0.15, 0.2) is 18.3 Å². The van der Waals surface area contributed by atoms with Gasteiger partial charge in [-0.25, -0.2) is 4.98 Å². The summed E-state index contributed by atoms with van der Waals surface area (Å²) in [5.41, 5.74) is 6.63. The van der Waals surface area contributed by atoms with E-state index in [4.69, 9.17) is 5.73 Å². The van der Waals surface area contributed by atoms with Gasteiger partial charge in [0.15, 0.2) is 0 Å². The molecule has 3 N–H and O–H groups in total. The quantitative estimate of drug-likeness (QED) is 0.761. The lowest BCUT2D eigenvalue weighted by atomic mass is 10.3. The SMILES string of the molecule is CCN[C@@H](C)CN(C)c1ccc(N)nc1. The normalized spacial score (nSPS) is 12.5. The summed E-state index contributed by atoms with van der Waals surface area (Å²) in [6.45, 7) is 6.24. The van der Waals surface area contributed by atoms with Gasteiger partial charge in [-0.05, 0) is 25.6 Å². The summed E-state index contributed by atoms with van der Waals surface area (Å²) in [4.78, 5) is 6.24. The zero-order valence-electron chi connectivity index (χ0n) is 9.70. The van der Waals surface area contributed by atoms with Gasteiger partial charge in [-0.2, -0.15) is 0 Å². The van der Waals surface area contributed by atoms with E-state index in [1.165, 1.54) is 0 Å². The van der Waals surface area contributed by atoms with Crippen LogP contribution in [0.2, 0.25) is 0 Å². The molecule has 4 heteroatoms. The first-order valence-corrected chi connectivity index (χ1v) is 5.29. The molecule has 0 spiro atoms. The molecule has 0 bridgehead atoms. The number of nitrogen functional groups attached to an aromatic ring is 1. The standard InChI is InChI=1S/C11H20N4/c1-4-13-9(2)8-15(3)10-5-6-11(12)14-7-10/h5-7,9,13H,4,8H2,1-3H3,(H2,12,14)/t9-/m0/s1.